The molecule has 0 bridgehead atoms. The number of amides is 1. The Labute approximate surface area is 117 Å². The summed E-state index contributed by atoms with van der Waals surface area (Å²) in [4.78, 5) is 15.6. The van der Waals surface area contributed by atoms with Crippen molar-refractivity contribution in [3.8, 4) is 11.5 Å². The third-order valence-electron chi connectivity index (χ3n) is 2.69. The average Bonchev–Trinajstić information content (AvgIpc) is 2.95. The Morgan fingerprint density at radius 1 is 1.35 bits per heavy atom. The van der Waals surface area contributed by atoms with Crippen LogP contribution >= 0.6 is 0 Å². The van der Waals surface area contributed by atoms with Crippen molar-refractivity contribution in [2.24, 2.45) is 0 Å². The number of aromatic nitrogens is 2. The van der Waals surface area contributed by atoms with Crippen LogP contribution in [0, 0.1) is 0 Å². The lowest BCUT2D eigenvalue weighted by Crippen LogP contribution is -2.26. The lowest BCUT2D eigenvalue weighted by molar-refractivity contribution is -0.121. The number of hydrogen-bond donors (Lipinski definition) is 1. The molecule has 0 aliphatic heterocycles. The van der Waals surface area contributed by atoms with Crippen LogP contribution in [0.1, 0.15) is 12.2 Å². The molecule has 0 fully saturated rings. The van der Waals surface area contributed by atoms with Crippen LogP contribution < -0.4 is 5.32 Å². The molecular weight excluding hydrogens is 258 g/mol. The maximum Gasteiger partial charge on any atom is 0.257 e. The van der Waals surface area contributed by atoms with Crippen molar-refractivity contribution in [2.45, 2.75) is 12.8 Å². The Morgan fingerprint density at radius 3 is 2.90 bits per heavy atom. The molecule has 1 aromatic heterocycles. The first kappa shape index (κ1) is 14.2. The fraction of sp³-hybridized carbons (Fsp3) is 0.357. The molecule has 6 nitrogen and oxygen atoms in total. The van der Waals surface area contributed by atoms with Crippen LogP contribution in [-0.4, -0.2) is 36.3 Å². The van der Waals surface area contributed by atoms with Crippen LogP contribution in [0.2, 0.25) is 0 Å². The van der Waals surface area contributed by atoms with Crippen molar-refractivity contribution < 1.29 is 14.1 Å². The van der Waals surface area contributed by atoms with Gasteiger partial charge in [-0.15, -0.1) is 0 Å². The summed E-state index contributed by atoms with van der Waals surface area (Å²) >= 11 is 0. The molecule has 1 heterocycles. The maximum atomic E-state index is 11.4. The van der Waals surface area contributed by atoms with E-state index in [1.165, 1.54) is 0 Å². The smallest absolute Gasteiger partial charge is 0.257 e. The van der Waals surface area contributed by atoms with Crippen molar-refractivity contribution in [1.82, 2.24) is 15.5 Å². The highest BCUT2D eigenvalue weighted by atomic mass is 16.5. The molecule has 2 aromatic rings. The summed E-state index contributed by atoms with van der Waals surface area (Å²) in [5.41, 5.74) is 0.885. The maximum absolute atomic E-state index is 11.4. The Kier molecular flexibility index (Phi) is 5.25. The van der Waals surface area contributed by atoms with Gasteiger partial charge >= 0.3 is 0 Å². The summed E-state index contributed by atoms with van der Waals surface area (Å²) < 4.78 is 10.0. The Morgan fingerprint density at radius 2 is 2.15 bits per heavy atom. The highest BCUT2D eigenvalue weighted by molar-refractivity contribution is 5.75. The van der Waals surface area contributed by atoms with Crippen molar-refractivity contribution in [3.05, 3.63) is 36.2 Å². The number of nitrogens with zero attached hydrogens (tertiary/aromatic N) is 2. The molecule has 0 radical (unpaired) electrons. The molecule has 1 aromatic carbocycles. The third-order valence-corrected chi connectivity index (χ3v) is 2.69. The largest absolute Gasteiger partial charge is 0.384 e. The molecule has 1 N–H and O–H groups in total. The van der Waals surface area contributed by atoms with Crippen LogP contribution in [0.5, 0.6) is 0 Å². The van der Waals surface area contributed by atoms with Gasteiger partial charge in [-0.3, -0.25) is 4.79 Å². The number of carbonyl (C=O) groups is 1. The minimum atomic E-state index is -0.0429. The number of benzene rings is 1. The molecule has 0 aliphatic rings. The summed E-state index contributed by atoms with van der Waals surface area (Å²) in [6, 6.07) is 9.56. The van der Waals surface area contributed by atoms with E-state index in [9.17, 15) is 4.79 Å². The fourth-order valence-corrected chi connectivity index (χ4v) is 1.65. The zero-order valence-corrected chi connectivity index (χ0v) is 11.3. The fourth-order valence-electron chi connectivity index (χ4n) is 1.65. The second-order valence-electron chi connectivity index (χ2n) is 4.22. The molecule has 20 heavy (non-hydrogen) atoms. The summed E-state index contributed by atoms with van der Waals surface area (Å²) in [5, 5.41) is 6.66. The van der Waals surface area contributed by atoms with E-state index in [2.05, 4.69) is 15.5 Å². The van der Waals surface area contributed by atoms with Crippen LogP contribution in [0.15, 0.2) is 34.9 Å². The van der Waals surface area contributed by atoms with Gasteiger partial charge in [0.25, 0.3) is 5.89 Å². The number of ether oxygens (including phenoxy) is 1. The second-order valence-corrected chi connectivity index (χ2v) is 4.22. The van der Waals surface area contributed by atoms with Crippen molar-refractivity contribution in [3.63, 3.8) is 0 Å². The summed E-state index contributed by atoms with van der Waals surface area (Å²) in [6.07, 6.45) is 0.896. The Hall–Kier alpha value is -2.21. The highest BCUT2D eigenvalue weighted by Crippen LogP contribution is 2.15. The van der Waals surface area contributed by atoms with Crippen LogP contribution in [0.25, 0.3) is 11.5 Å². The second kappa shape index (κ2) is 7.40. The molecule has 0 saturated heterocycles. The summed E-state index contributed by atoms with van der Waals surface area (Å²) in [5.74, 6) is 1.03. The summed E-state index contributed by atoms with van der Waals surface area (Å²) in [7, 11) is 1.57. The number of carbonyl (C=O) groups excluding carboxylic acids is 1. The first-order valence-corrected chi connectivity index (χ1v) is 6.43. The van der Waals surface area contributed by atoms with Gasteiger partial charge in [-0.1, -0.05) is 23.4 Å². The predicted molar refractivity (Wildman–Crippen MR) is 72.9 cm³/mol. The van der Waals surface area contributed by atoms with E-state index in [1.54, 1.807) is 7.11 Å². The number of nitrogens with one attached hydrogen (secondary N) is 1. The van der Waals surface area contributed by atoms with E-state index >= 15 is 0 Å². The first-order valence-electron chi connectivity index (χ1n) is 6.43. The van der Waals surface area contributed by atoms with Crippen LogP contribution in [0.3, 0.4) is 0 Å². The molecule has 2 rings (SSSR count). The molecule has 1 amide bonds. The molecule has 0 saturated carbocycles. The highest BCUT2D eigenvalue weighted by Gasteiger charge is 2.08. The van der Waals surface area contributed by atoms with Gasteiger partial charge in [0, 0.05) is 32.1 Å². The SMILES string of the molecule is COCCC(=O)NCCc1noc(-c2ccccc2)n1. The molecular formula is C14H17N3O3. The molecule has 6 heteroatoms. The summed E-state index contributed by atoms with van der Waals surface area (Å²) in [6.45, 7) is 0.905. The molecule has 0 atom stereocenters. The minimum Gasteiger partial charge on any atom is -0.384 e. The molecule has 0 unspecified atom stereocenters. The van der Waals surface area contributed by atoms with E-state index in [0.29, 0.717) is 37.7 Å². The van der Waals surface area contributed by atoms with Gasteiger partial charge in [0.2, 0.25) is 5.91 Å². The van der Waals surface area contributed by atoms with E-state index < -0.39 is 0 Å². The zero-order valence-electron chi connectivity index (χ0n) is 11.3. The van der Waals surface area contributed by atoms with E-state index in [-0.39, 0.29) is 5.91 Å². The number of rotatable bonds is 7. The van der Waals surface area contributed by atoms with Crippen molar-refractivity contribution in [2.75, 3.05) is 20.3 Å². The van der Waals surface area contributed by atoms with E-state index in [4.69, 9.17) is 9.26 Å². The standard InChI is InChI=1S/C14H17N3O3/c1-19-10-8-13(18)15-9-7-12-16-14(20-17-12)11-5-3-2-4-6-11/h2-6H,7-10H2,1H3,(H,15,18). The zero-order chi connectivity index (χ0) is 14.2. The van der Waals surface area contributed by atoms with Crippen molar-refractivity contribution >= 4 is 5.91 Å². The topological polar surface area (TPSA) is 77.2 Å². The quantitative estimate of drug-likeness (QED) is 0.827. The Balaban J connectivity index is 1.80. The van der Waals surface area contributed by atoms with Gasteiger partial charge in [-0.2, -0.15) is 4.98 Å². The van der Waals surface area contributed by atoms with Crippen LogP contribution in [0.4, 0.5) is 0 Å². The van der Waals surface area contributed by atoms with Gasteiger partial charge in [0.1, 0.15) is 0 Å². The van der Waals surface area contributed by atoms with Gasteiger partial charge in [-0.05, 0) is 12.1 Å². The van der Waals surface area contributed by atoms with Crippen LogP contribution in [-0.2, 0) is 16.0 Å². The monoisotopic (exact) mass is 275 g/mol. The third kappa shape index (κ3) is 4.17. The Bertz CT molecular complexity index is 540. The van der Waals surface area contributed by atoms with Crippen molar-refractivity contribution in [1.29, 1.82) is 0 Å². The lowest BCUT2D eigenvalue weighted by Gasteiger charge is -2.02. The molecule has 106 valence electrons. The normalized spacial score (nSPS) is 10.4. The predicted octanol–water partition coefficient (Wildman–Crippen LogP) is 1.43. The van der Waals surface area contributed by atoms with Gasteiger partial charge in [-0.25, -0.2) is 0 Å². The number of hydrogen-bond acceptors (Lipinski definition) is 5. The van der Waals surface area contributed by atoms with Gasteiger partial charge in [0.05, 0.1) is 6.61 Å². The van der Waals surface area contributed by atoms with Gasteiger partial charge in [0.15, 0.2) is 5.82 Å². The van der Waals surface area contributed by atoms with E-state index in [0.717, 1.165) is 5.56 Å². The minimum absolute atomic E-state index is 0.0429. The van der Waals surface area contributed by atoms with E-state index in [1.807, 2.05) is 30.3 Å². The molecule has 0 spiro atoms. The molecule has 0 aliphatic carbocycles. The number of methoxy groups -OCH3 is 1. The lowest BCUT2D eigenvalue weighted by atomic mass is 10.2. The first-order chi connectivity index (χ1) is 9.79. The van der Waals surface area contributed by atoms with Gasteiger partial charge < -0.3 is 14.6 Å². The average molecular weight is 275 g/mol.